The molecule has 86 valence electrons. The molecule has 2 aromatic rings. The minimum absolute atomic E-state index is 0.597. The highest BCUT2D eigenvalue weighted by Crippen LogP contribution is 2.37. The predicted octanol–water partition coefficient (Wildman–Crippen LogP) is 3.16. The Morgan fingerprint density at radius 2 is 1.94 bits per heavy atom. The maximum Gasteiger partial charge on any atom is 0.0919 e. The Labute approximate surface area is 109 Å². The van der Waals surface area contributed by atoms with Crippen LogP contribution < -0.4 is 5.73 Å². The summed E-state index contributed by atoms with van der Waals surface area (Å²) in [7, 11) is -0.874. The van der Waals surface area contributed by atoms with E-state index in [9.17, 15) is 4.21 Å². The van der Waals surface area contributed by atoms with Gasteiger partial charge in [-0.2, -0.15) is 0 Å². The summed E-state index contributed by atoms with van der Waals surface area (Å²) in [5.41, 5.74) is 5.56. The molecule has 6 heteroatoms. The lowest BCUT2D eigenvalue weighted by Crippen LogP contribution is -1.90. The van der Waals surface area contributed by atoms with Crippen LogP contribution in [0, 0.1) is 0 Å². The minimum Gasteiger partial charge on any atom is -0.326 e. The second-order valence-electron chi connectivity index (χ2n) is 3.05. The van der Waals surface area contributed by atoms with Crippen LogP contribution in [0.1, 0.15) is 4.88 Å². The van der Waals surface area contributed by atoms with E-state index in [1.54, 1.807) is 40.7 Å². The van der Waals surface area contributed by atoms with Gasteiger partial charge in [0.1, 0.15) is 0 Å². The molecule has 0 amide bonds. The van der Waals surface area contributed by atoms with Crippen LogP contribution >= 0.6 is 34.4 Å². The van der Waals surface area contributed by atoms with Crippen LogP contribution in [0.25, 0.3) is 0 Å². The second kappa shape index (κ2) is 5.46. The summed E-state index contributed by atoms with van der Waals surface area (Å²) < 4.78 is 14.6. The van der Waals surface area contributed by atoms with E-state index in [1.165, 1.54) is 13.3 Å². The molecule has 0 fully saturated rings. The van der Waals surface area contributed by atoms with Crippen molar-refractivity contribution in [3.05, 3.63) is 29.1 Å². The van der Waals surface area contributed by atoms with E-state index in [2.05, 4.69) is 12.1 Å². The van der Waals surface area contributed by atoms with Crippen LogP contribution in [0.3, 0.4) is 0 Å². The quantitative estimate of drug-likeness (QED) is 0.940. The lowest BCUT2D eigenvalue weighted by Gasteiger charge is -1.92. The molecule has 0 aliphatic carbocycles. The fraction of sp³-hybridized carbons (Fsp3) is 0.200. The molecule has 2 aromatic heterocycles. The van der Waals surface area contributed by atoms with E-state index in [0.29, 0.717) is 6.54 Å². The Kier molecular flexibility index (Phi) is 4.21. The third-order valence-corrected chi connectivity index (χ3v) is 6.79. The zero-order valence-electron chi connectivity index (χ0n) is 8.64. The van der Waals surface area contributed by atoms with Crippen LogP contribution in [0.5, 0.6) is 0 Å². The van der Waals surface area contributed by atoms with Crippen molar-refractivity contribution in [2.24, 2.45) is 5.73 Å². The van der Waals surface area contributed by atoms with Crippen LogP contribution in [-0.4, -0.2) is 10.5 Å². The van der Waals surface area contributed by atoms with Gasteiger partial charge in [0.2, 0.25) is 0 Å². The maximum absolute atomic E-state index is 11.3. The third kappa shape index (κ3) is 2.95. The first-order valence-corrected chi connectivity index (χ1v) is 8.59. The molecular formula is C10H11NOS4. The Morgan fingerprint density at radius 1 is 1.25 bits per heavy atom. The van der Waals surface area contributed by atoms with Crippen molar-refractivity contribution >= 4 is 45.2 Å². The highest BCUT2D eigenvalue weighted by atomic mass is 32.2. The van der Waals surface area contributed by atoms with Gasteiger partial charge in [-0.15, -0.1) is 22.7 Å². The topological polar surface area (TPSA) is 43.1 Å². The number of hydrogen-bond donors (Lipinski definition) is 1. The van der Waals surface area contributed by atoms with Gasteiger partial charge in [0, 0.05) is 17.7 Å². The smallest absolute Gasteiger partial charge is 0.0919 e. The Morgan fingerprint density at radius 3 is 2.50 bits per heavy atom. The highest BCUT2D eigenvalue weighted by Gasteiger charge is 2.06. The number of thiophene rings is 2. The van der Waals surface area contributed by atoms with E-state index >= 15 is 0 Å². The zero-order chi connectivity index (χ0) is 11.5. The fourth-order valence-electron chi connectivity index (χ4n) is 1.13. The molecule has 2 N–H and O–H groups in total. The average molecular weight is 289 g/mol. The number of nitrogens with two attached hydrogens (primary N) is 1. The van der Waals surface area contributed by atoms with Crippen molar-refractivity contribution in [2.45, 2.75) is 19.2 Å². The lowest BCUT2D eigenvalue weighted by atomic mass is 10.5. The van der Waals surface area contributed by atoms with E-state index < -0.39 is 10.8 Å². The molecule has 2 nitrogen and oxygen atoms in total. The van der Waals surface area contributed by atoms with E-state index in [-0.39, 0.29) is 0 Å². The van der Waals surface area contributed by atoms with E-state index in [1.807, 2.05) is 12.1 Å². The summed E-state index contributed by atoms with van der Waals surface area (Å²) >= 11 is 5.01. The molecular weight excluding hydrogens is 278 g/mol. The highest BCUT2D eigenvalue weighted by molar-refractivity contribution is 8.03. The number of hydrogen-bond acceptors (Lipinski definition) is 5. The van der Waals surface area contributed by atoms with Gasteiger partial charge in [0.15, 0.2) is 0 Å². The predicted molar refractivity (Wildman–Crippen MR) is 73.0 cm³/mol. The Bertz CT molecular complexity index is 502. The van der Waals surface area contributed by atoms with Crippen LogP contribution in [-0.2, 0) is 17.3 Å². The Hall–Kier alpha value is -0.140. The molecule has 1 atom stereocenters. The summed E-state index contributed by atoms with van der Waals surface area (Å²) in [6, 6.07) is 8.09. The molecule has 16 heavy (non-hydrogen) atoms. The average Bonchev–Trinajstić information content (AvgIpc) is 2.87. The SMILES string of the molecule is CS(=O)c1ccc(Sc2ccc(CN)s2)s1. The van der Waals surface area contributed by atoms with Crippen molar-refractivity contribution in [1.29, 1.82) is 0 Å². The molecule has 0 saturated heterocycles. The third-order valence-electron chi connectivity index (χ3n) is 1.88. The molecule has 0 radical (unpaired) electrons. The summed E-state index contributed by atoms with van der Waals surface area (Å²) in [6.45, 7) is 0.597. The Balaban J connectivity index is 2.11. The van der Waals surface area contributed by atoms with Crippen molar-refractivity contribution in [2.75, 3.05) is 6.26 Å². The van der Waals surface area contributed by atoms with Gasteiger partial charge in [-0.05, 0) is 24.3 Å². The summed E-state index contributed by atoms with van der Waals surface area (Å²) in [5, 5.41) is 0. The molecule has 2 rings (SSSR count). The van der Waals surface area contributed by atoms with Crippen molar-refractivity contribution in [1.82, 2.24) is 0 Å². The van der Waals surface area contributed by atoms with Crippen molar-refractivity contribution < 1.29 is 4.21 Å². The molecule has 0 aliphatic heterocycles. The first-order valence-electron chi connectivity index (χ1n) is 4.59. The van der Waals surface area contributed by atoms with Crippen LogP contribution in [0.15, 0.2) is 36.9 Å². The van der Waals surface area contributed by atoms with Gasteiger partial charge < -0.3 is 5.73 Å². The lowest BCUT2D eigenvalue weighted by molar-refractivity contribution is 0.688. The standard InChI is InChI=1S/C10H11NOS4/c1-16(12)10-5-4-9(15-10)14-8-3-2-7(6-11)13-8/h2-5H,6,11H2,1H3. The molecule has 2 heterocycles. The number of rotatable bonds is 4. The van der Waals surface area contributed by atoms with Gasteiger partial charge in [0.25, 0.3) is 0 Å². The zero-order valence-corrected chi connectivity index (χ0v) is 11.9. The summed E-state index contributed by atoms with van der Waals surface area (Å²) in [6.07, 6.45) is 1.71. The van der Waals surface area contributed by atoms with Gasteiger partial charge in [0.05, 0.1) is 23.4 Å². The molecule has 1 unspecified atom stereocenters. The van der Waals surface area contributed by atoms with Crippen molar-refractivity contribution in [3.8, 4) is 0 Å². The van der Waals surface area contributed by atoms with Gasteiger partial charge >= 0.3 is 0 Å². The van der Waals surface area contributed by atoms with Gasteiger partial charge in [-0.25, -0.2) is 0 Å². The first kappa shape index (κ1) is 12.3. The summed E-state index contributed by atoms with van der Waals surface area (Å²) in [4.78, 5) is 1.19. The van der Waals surface area contributed by atoms with E-state index in [4.69, 9.17) is 5.73 Å². The van der Waals surface area contributed by atoms with Crippen molar-refractivity contribution in [3.63, 3.8) is 0 Å². The normalized spacial score (nSPS) is 12.9. The van der Waals surface area contributed by atoms with Crippen LogP contribution in [0.2, 0.25) is 0 Å². The fourth-order valence-corrected chi connectivity index (χ4v) is 5.47. The van der Waals surface area contributed by atoms with E-state index in [0.717, 1.165) is 4.21 Å². The molecule has 0 aliphatic rings. The molecule has 0 saturated carbocycles. The van der Waals surface area contributed by atoms with Gasteiger partial charge in [-0.3, -0.25) is 4.21 Å². The molecule has 0 aromatic carbocycles. The maximum atomic E-state index is 11.3. The minimum atomic E-state index is -0.874. The monoisotopic (exact) mass is 289 g/mol. The summed E-state index contributed by atoms with van der Waals surface area (Å²) in [5.74, 6) is 0. The first-order chi connectivity index (χ1) is 7.69. The largest absolute Gasteiger partial charge is 0.326 e. The van der Waals surface area contributed by atoms with Gasteiger partial charge in [-0.1, -0.05) is 11.8 Å². The second-order valence-corrected chi connectivity index (χ2v) is 8.51. The molecule has 0 bridgehead atoms. The van der Waals surface area contributed by atoms with Crippen LogP contribution in [0.4, 0.5) is 0 Å². The molecule has 0 spiro atoms.